The molecule has 104 valence electrons. The third kappa shape index (κ3) is 4.51. The van der Waals surface area contributed by atoms with E-state index in [0.29, 0.717) is 19.0 Å². The molecule has 0 saturated carbocycles. The summed E-state index contributed by atoms with van der Waals surface area (Å²) < 4.78 is 0. The molecule has 3 nitrogen and oxygen atoms in total. The van der Waals surface area contributed by atoms with Gasteiger partial charge in [-0.1, -0.05) is 30.7 Å². The van der Waals surface area contributed by atoms with Gasteiger partial charge in [0.1, 0.15) is 0 Å². The molecule has 1 amide bonds. The van der Waals surface area contributed by atoms with Crippen LogP contribution in [0.5, 0.6) is 0 Å². The van der Waals surface area contributed by atoms with E-state index in [2.05, 4.69) is 12.2 Å². The number of piperidine rings is 1. The second-order valence-corrected chi connectivity index (χ2v) is 5.75. The van der Waals surface area contributed by atoms with E-state index in [1.165, 1.54) is 6.42 Å². The molecule has 0 aromatic heterocycles. The van der Waals surface area contributed by atoms with Gasteiger partial charge in [-0.2, -0.15) is 0 Å². The fourth-order valence-electron chi connectivity index (χ4n) is 2.44. The molecule has 1 aromatic rings. The zero-order valence-corrected chi connectivity index (χ0v) is 12.1. The maximum absolute atomic E-state index is 12.0. The molecule has 0 aliphatic carbocycles. The summed E-state index contributed by atoms with van der Waals surface area (Å²) in [6.07, 6.45) is 2.37. The molecule has 1 atom stereocenters. The van der Waals surface area contributed by atoms with Crippen molar-refractivity contribution in [2.45, 2.75) is 26.3 Å². The summed E-state index contributed by atoms with van der Waals surface area (Å²) in [5.41, 5.74) is 1.14. The minimum absolute atomic E-state index is 0.209. The van der Waals surface area contributed by atoms with Gasteiger partial charge in [0.25, 0.3) is 0 Å². The SMILES string of the molecule is CC1CCCN(C(=O)CNCc2ccc(Cl)cc2)C1. The summed E-state index contributed by atoms with van der Waals surface area (Å²) in [4.78, 5) is 14.0. The fraction of sp³-hybridized carbons (Fsp3) is 0.533. The molecule has 19 heavy (non-hydrogen) atoms. The topological polar surface area (TPSA) is 32.3 Å². The number of amides is 1. The van der Waals surface area contributed by atoms with Crippen LogP contribution < -0.4 is 5.32 Å². The van der Waals surface area contributed by atoms with Crippen LogP contribution in [0.3, 0.4) is 0 Å². The first-order valence-electron chi connectivity index (χ1n) is 6.88. The average Bonchev–Trinajstić information content (AvgIpc) is 2.41. The largest absolute Gasteiger partial charge is 0.341 e. The smallest absolute Gasteiger partial charge is 0.236 e. The van der Waals surface area contributed by atoms with E-state index >= 15 is 0 Å². The van der Waals surface area contributed by atoms with Crippen LogP contribution in [0.4, 0.5) is 0 Å². The third-order valence-corrected chi connectivity index (χ3v) is 3.78. The molecule has 0 radical (unpaired) electrons. The summed E-state index contributed by atoms with van der Waals surface area (Å²) in [6.45, 7) is 5.13. The van der Waals surface area contributed by atoms with E-state index in [9.17, 15) is 4.79 Å². The van der Waals surface area contributed by atoms with Crippen LogP contribution in [0.25, 0.3) is 0 Å². The first-order chi connectivity index (χ1) is 9.15. The van der Waals surface area contributed by atoms with E-state index < -0.39 is 0 Å². The highest BCUT2D eigenvalue weighted by molar-refractivity contribution is 6.30. The van der Waals surface area contributed by atoms with Gasteiger partial charge in [0.2, 0.25) is 5.91 Å². The lowest BCUT2D eigenvalue weighted by Crippen LogP contribution is -2.43. The number of hydrogen-bond donors (Lipinski definition) is 1. The van der Waals surface area contributed by atoms with Gasteiger partial charge in [-0.15, -0.1) is 0 Å². The van der Waals surface area contributed by atoms with Gasteiger partial charge in [0, 0.05) is 24.7 Å². The van der Waals surface area contributed by atoms with Crippen molar-refractivity contribution in [1.29, 1.82) is 0 Å². The number of halogens is 1. The second kappa shape index (κ2) is 6.92. The normalized spacial score (nSPS) is 19.5. The molecule has 1 unspecified atom stereocenters. The summed E-state index contributed by atoms with van der Waals surface area (Å²) in [5, 5.41) is 3.94. The Bertz CT molecular complexity index is 419. The molecule has 4 heteroatoms. The van der Waals surface area contributed by atoms with Crippen molar-refractivity contribution in [2.75, 3.05) is 19.6 Å². The van der Waals surface area contributed by atoms with Crippen LogP contribution in [-0.2, 0) is 11.3 Å². The molecule has 1 N–H and O–H groups in total. The van der Waals surface area contributed by atoms with Gasteiger partial charge < -0.3 is 10.2 Å². The number of benzene rings is 1. The molecule has 1 aromatic carbocycles. The summed E-state index contributed by atoms with van der Waals surface area (Å²) in [7, 11) is 0. The van der Waals surface area contributed by atoms with Gasteiger partial charge >= 0.3 is 0 Å². The first kappa shape index (κ1) is 14.4. The zero-order valence-electron chi connectivity index (χ0n) is 11.4. The first-order valence-corrected chi connectivity index (χ1v) is 7.26. The van der Waals surface area contributed by atoms with Gasteiger partial charge in [0.15, 0.2) is 0 Å². The Balaban J connectivity index is 1.73. The predicted molar refractivity (Wildman–Crippen MR) is 78.1 cm³/mol. The van der Waals surface area contributed by atoms with Crippen LogP contribution in [0.15, 0.2) is 24.3 Å². The minimum Gasteiger partial charge on any atom is -0.341 e. The van der Waals surface area contributed by atoms with Crippen LogP contribution in [0.1, 0.15) is 25.3 Å². The minimum atomic E-state index is 0.209. The highest BCUT2D eigenvalue weighted by Gasteiger charge is 2.20. The van der Waals surface area contributed by atoms with Crippen molar-refractivity contribution >= 4 is 17.5 Å². The maximum Gasteiger partial charge on any atom is 0.236 e. The van der Waals surface area contributed by atoms with E-state index in [1.54, 1.807) is 0 Å². The highest BCUT2D eigenvalue weighted by Crippen LogP contribution is 2.15. The fourth-order valence-corrected chi connectivity index (χ4v) is 2.57. The van der Waals surface area contributed by atoms with Crippen molar-refractivity contribution in [3.63, 3.8) is 0 Å². The molecule has 2 rings (SSSR count). The molecule has 0 spiro atoms. The third-order valence-electron chi connectivity index (χ3n) is 3.53. The highest BCUT2D eigenvalue weighted by atomic mass is 35.5. The van der Waals surface area contributed by atoms with Crippen molar-refractivity contribution in [1.82, 2.24) is 10.2 Å². The number of carbonyl (C=O) groups excluding carboxylic acids is 1. The standard InChI is InChI=1S/C15H21ClN2O/c1-12-3-2-8-18(11-12)15(19)10-17-9-13-4-6-14(16)7-5-13/h4-7,12,17H,2-3,8-11H2,1H3. The zero-order chi connectivity index (χ0) is 13.7. The number of likely N-dealkylation sites (tertiary alicyclic amines) is 1. The van der Waals surface area contributed by atoms with Gasteiger partial charge in [-0.25, -0.2) is 0 Å². The molecule has 0 bridgehead atoms. The lowest BCUT2D eigenvalue weighted by molar-refractivity contribution is -0.131. The number of nitrogens with one attached hydrogen (secondary N) is 1. The molecular weight excluding hydrogens is 260 g/mol. The van der Waals surface area contributed by atoms with Crippen LogP contribution in [-0.4, -0.2) is 30.4 Å². The number of rotatable bonds is 4. The lowest BCUT2D eigenvalue weighted by atomic mass is 10.0. The van der Waals surface area contributed by atoms with Crippen molar-refractivity contribution in [3.8, 4) is 0 Å². The maximum atomic E-state index is 12.0. The van der Waals surface area contributed by atoms with E-state index in [4.69, 9.17) is 11.6 Å². The van der Waals surface area contributed by atoms with Crippen molar-refractivity contribution in [3.05, 3.63) is 34.9 Å². The molecule has 1 aliphatic rings. The Morgan fingerprint density at radius 2 is 2.16 bits per heavy atom. The second-order valence-electron chi connectivity index (χ2n) is 5.32. The van der Waals surface area contributed by atoms with Crippen molar-refractivity contribution in [2.24, 2.45) is 5.92 Å². The van der Waals surface area contributed by atoms with Crippen LogP contribution in [0, 0.1) is 5.92 Å². The van der Waals surface area contributed by atoms with Gasteiger partial charge in [-0.3, -0.25) is 4.79 Å². The Labute approximate surface area is 119 Å². The number of nitrogens with zero attached hydrogens (tertiary/aromatic N) is 1. The Kier molecular flexibility index (Phi) is 5.23. The lowest BCUT2D eigenvalue weighted by Gasteiger charge is -2.31. The van der Waals surface area contributed by atoms with Crippen LogP contribution >= 0.6 is 11.6 Å². The van der Waals surface area contributed by atoms with Crippen molar-refractivity contribution < 1.29 is 4.79 Å². The number of carbonyl (C=O) groups is 1. The van der Waals surface area contributed by atoms with E-state index in [-0.39, 0.29) is 5.91 Å². The predicted octanol–water partition coefficient (Wildman–Crippen LogP) is 2.69. The molecule has 1 fully saturated rings. The van der Waals surface area contributed by atoms with Gasteiger partial charge in [-0.05, 0) is 36.5 Å². The monoisotopic (exact) mass is 280 g/mol. The molecule has 1 aliphatic heterocycles. The van der Waals surface area contributed by atoms with E-state index in [0.717, 1.165) is 30.1 Å². The Morgan fingerprint density at radius 3 is 2.84 bits per heavy atom. The van der Waals surface area contributed by atoms with E-state index in [1.807, 2.05) is 29.2 Å². The summed E-state index contributed by atoms with van der Waals surface area (Å²) in [5.74, 6) is 0.842. The number of hydrogen-bond acceptors (Lipinski definition) is 2. The molecule has 1 saturated heterocycles. The summed E-state index contributed by atoms with van der Waals surface area (Å²) >= 11 is 5.83. The van der Waals surface area contributed by atoms with Gasteiger partial charge in [0.05, 0.1) is 6.54 Å². The Morgan fingerprint density at radius 1 is 1.42 bits per heavy atom. The molecule has 1 heterocycles. The summed E-state index contributed by atoms with van der Waals surface area (Å²) in [6, 6.07) is 7.69. The quantitative estimate of drug-likeness (QED) is 0.920. The Hall–Kier alpha value is -1.06. The average molecular weight is 281 g/mol. The molecular formula is C15H21ClN2O. The van der Waals surface area contributed by atoms with Crippen LogP contribution in [0.2, 0.25) is 5.02 Å².